The molecule has 2 N–H and O–H groups in total. The van der Waals surface area contributed by atoms with E-state index in [9.17, 15) is 18.0 Å². The van der Waals surface area contributed by atoms with E-state index in [2.05, 4.69) is 10.6 Å². The van der Waals surface area contributed by atoms with Gasteiger partial charge in [0, 0.05) is 13.0 Å². The first-order valence-corrected chi connectivity index (χ1v) is 8.51. The van der Waals surface area contributed by atoms with E-state index < -0.39 is 11.7 Å². The first kappa shape index (κ1) is 21.8. The largest absolute Gasteiger partial charge is 0.416 e. The molecule has 2 rings (SSSR count). The Morgan fingerprint density at radius 1 is 1.32 bits per heavy atom. The Labute approximate surface area is 153 Å². The molecule has 0 spiro atoms. The number of amides is 1. The lowest BCUT2D eigenvalue weighted by Gasteiger charge is -2.22. The molecule has 0 aliphatic carbocycles. The van der Waals surface area contributed by atoms with Gasteiger partial charge in [-0.05, 0) is 55.8 Å². The fourth-order valence-corrected chi connectivity index (χ4v) is 3.04. The van der Waals surface area contributed by atoms with E-state index in [1.54, 1.807) is 6.07 Å². The number of hydrogen-bond acceptors (Lipinski definition) is 2. The summed E-state index contributed by atoms with van der Waals surface area (Å²) in [6, 6.07) is 5.42. The minimum atomic E-state index is -4.32. The lowest BCUT2D eigenvalue weighted by molar-refractivity contribution is -0.137. The number of carbonyl (C=O) groups excluding carboxylic acids is 1. The number of alkyl halides is 3. The monoisotopic (exact) mass is 378 g/mol. The Kier molecular flexibility index (Phi) is 8.73. The van der Waals surface area contributed by atoms with E-state index in [0.29, 0.717) is 30.9 Å². The van der Waals surface area contributed by atoms with Gasteiger partial charge in [-0.15, -0.1) is 12.4 Å². The third-order valence-corrected chi connectivity index (χ3v) is 4.62. The molecule has 1 fully saturated rings. The van der Waals surface area contributed by atoms with Gasteiger partial charge in [-0.25, -0.2) is 0 Å². The van der Waals surface area contributed by atoms with Crippen molar-refractivity contribution in [3.63, 3.8) is 0 Å². The van der Waals surface area contributed by atoms with Gasteiger partial charge < -0.3 is 10.6 Å². The summed E-state index contributed by atoms with van der Waals surface area (Å²) in [6.07, 6.45) is -1.11. The maximum absolute atomic E-state index is 12.8. The second kappa shape index (κ2) is 10.0. The normalized spacial score (nSPS) is 16.8. The quantitative estimate of drug-likeness (QED) is 0.781. The van der Waals surface area contributed by atoms with Crippen molar-refractivity contribution in [2.45, 2.75) is 44.7 Å². The van der Waals surface area contributed by atoms with Crippen LogP contribution in [0.1, 0.15) is 49.7 Å². The predicted octanol–water partition coefficient (Wildman–Crippen LogP) is 4.13. The third kappa shape index (κ3) is 7.24. The van der Waals surface area contributed by atoms with E-state index in [1.807, 2.05) is 6.92 Å². The lowest BCUT2D eigenvalue weighted by Crippen LogP contribution is -2.32. The van der Waals surface area contributed by atoms with Crippen molar-refractivity contribution >= 4 is 18.3 Å². The smallest absolute Gasteiger partial charge is 0.356 e. The Morgan fingerprint density at radius 3 is 2.64 bits per heavy atom. The highest BCUT2D eigenvalue weighted by molar-refractivity contribution is 5.85. The minimum absolute atomic E-state index is 0. The molecule has 0 bridgehead atoms. The Hall–Kier alpha value is -1.27. The highest BCUT2D eigenvalue weighted by Gasteiger charge is 2.30. The van der Waals surface area contributed by atoms with Gasteiger partial charge in [0.25, 0.3) is 0 Å². The molecule has 7 heteroatoms. The molecule has 25 heavy (non-hydrogen) atoms. The van der Waals surface area contributed by atoms with Gasteiger partial charge in [0.2, 0.25) is 5.91 Å². The Bertz CT molecular complexity index is 545. The molecule has 1 atom stereocenters. The highest BCUT2D eigenvalue weighted by Crippen LogP contribution is 2.31. The van der Waals surface area contributed by atoms with Gasteiger partial charge in [-0.2, -0.15) is 13.2 Å². The maximum atomic E-state index is 12.8. The molecule has 1 unspecified atom stereocenters. The van der Waals surface area contributed by atoms with Crippen molar-refractivity contribution in [2.24, 2.45) is 5.92 Å². The van der Waals surface area contributed by atoms with Crippen molar-refractivity contribution < 1.29 is 18.0 Å². The lowest BCUT2D eigenvalue weighted by atomic mass is 9.94. The van der Waals surface area contributed by atoms with Crippen LogP contribution in [0.4, 0.5) is 13.2 Å². The van der Waals surface area contributed by atoms with Crippen molar-refractivity contribution in [1.29, 1.82) is 0 Å². The van der Waals surface area contributed by atoms with Gasteiger partial charge in [-0.1, -0.05) is 25.1 Å². The molecule has 1 heterocycles. The van der Waals surface area contributed by atoms with Crippen molar-refractivity contribution in [1.82, 2.24) is 10.6 Å². The molecular weight excluding hydrogens is 353 g/mol. The van der Waals surface area contributed by atoms with Gasteiger partial charge >= 0.3 is 6.18 Å². The van der Waals surface area contributed by atoms with Crippen LogP contribution in [0, 0.1) is 5.92 Å². The van der Waals surface area contributed by atoms with E-state index in [0.717, 1.165) is 32.0 Å². The Balaban J connectivity index is 0.00000312. The first-order valence-electron chi connectivity index (χ1n) is 8.51. The molecule has 0 saturated carbocycles. The zero-order chi connectivity index (χ0) is 17.6. The number of carbonyl (C=O) groups is 1. The molecule has 1 aromatic carbocycles. The number of piperidine rings is 1. The van der Waals surface area contributed by atoms with Crippen LogP contribution < -0.4 is 10.6 Å². The zero-order valence-corrected chi connectivity index (χ0v) is 15.2. The first-order chi connectivity index (χ1) is 11.4. The summed E-state index contributed by atoms with van der Waals surface area (Å²) in [6.45, 7) is 4.30. The summed E-state index contributed by atoms with van der Waals surface area (Å²) in [5, 5.41) is 6.16. The summed E-state index contributed by atoms with van der Waals surface area (Å²) < 4.78 is 38.3. The van der Waals surface area contributed by atoms with Crippen LogP contribution in [-0.4, -0.2) is 25.5 Å². The SMILES string of the molecule is CC(CCNC(=O)CC1CCNCC1)c1cccc(C(F)(F)F)c1.Cl. The standard InChI is InChI=1S/C18H25F3N2O.ClH/c1-13(15-3-2-4-16(12-15)18(19,20)21)5-10-23-17(24)11-14-6-8-22-9-7-14;/h2-4,12-14,22H,5-11H2,1H3,(H,23,24);1H. The fraction of sp³-hybridized carbons (Fsp3) is 0.611. The summed E-state index contributed by atoms with van der Waals surface area (Å²) in [5.74, 6) is 0.441. The van der Waals surface area contributed by atoms with Gasteiger partial charge in [-0.3, -0.25) is 4.79 Å². The van der Waals surface area contributed by atoms with Gasteiger partial charge in [0.05, 0.1) is 5.56 Å². The molecule has 1 aliphatic rings. The molecule has 142 valence electrons. The summed E-state index contributed by atoms with van der Waals surface area (Å²) in [7, 11) is 0. The average molecular weight is 379 g/mol. The van der Waals surface area contributed by atoms with Gasteiger partial charge in [0.15, 0.2) is 0 Å². The fourth-order valence-electron chi connectivity index (χ4n) is 3.04. The predicted molar refractivity (Wildman–Crippen MR) is 94.9 cm³/mol. The van der Waals surface area contributed by atoms with E-state index in [4.69, 9.17) is 0 Å². The number of hydrogen-bond donors (Lipinski definition) is 2. The van der Waals surface area contributed by atoms with Crippen LogP contribution in [0.25, 0.3) is 0 Å². The molecule has 0 aromatic heterocycles. The molecular formula is C18H26ClF3N2O. The number of benzene rings is 1. The second-order valence-corrected chi connectivity index (χ2v) is 6.56. The van der Waals surface area contributed by atoms with Crippen LogP contribution in [0.15, 0.2) is 24.3 Å². The number of nitrogens with one attached hydrogen (secondary N) is 2. The summed E-state index contributed by atoms with van der Waals surface area (Å²) in [4.78, 5) is 11.9. The van der Waals surface area contributed by atoms with Crippen LogP contribution in [0.3, 0.4) is 0 Å². The van der Waals surface area contributed by atoms with Crippen LogP contribution >= 0.6 is 12.4 Å². The third-order valence-electron chi connectivity index (χ3n) is 4.62. The average Bonchev–Trinajstić information content (AvgIpc) is 2.55. The Morgan fingerprint density at radius 2 is 2.00 bits per heavy atom. The van der Waals surface area contributed by atoms with Crippen molar-refractivity contribution in [3.8, 4) is 0 Å². The van der Waals surface area contributed by atoms with E-state index in [-0.39, 0.29) is 24.2 Å². The molecule has 1 saturated heterocycles. The van der Waals surface area contributed by atoms with E-state index >= 15 is 0 Å². The molecule has 0 radical (unpaired) electrons. The second-order valence-electron chi connectivity index (χ2n) is 6.56. The maximum Gasteiger partial charge on any atom is 0.416 e. The zero-order valence-electron chi connectivity index (χ0n) is 14.4. The number of rotatable bonds is 6. The highest BCUT2D eigenvalue weighted by atomic mass is 35.5. The van der Waals surface area contributed by atoms with Crippen LogP contribution in [-0.2, 0) is 11.0 Å². The van der Waals surface area contributed by atoms with Crippen molar-refractivity contribution in [3.05, 3.63) is 35.4 Å². The molecule has 1 aliphatic heterocycles. The van der Waals surface area contributed by atoms with Gasteiger partial charge in [0.1, 0.15) is 0 Å². The summed E-state index contributed by atoms with van der Waals surface area (Å²) >= 11 is 0. The summed E-state index contributed by atoms with van der Waals surface area (Å²) in [5.41, 5.74) is 0.0271. The minimum Gasteiger partial charge on any atom is -0.356 e. The van der Waals surface area contributed by atoms with E-state index in [1.165, 1.54) is 12.1 Å². The van der Waals surface area contributed by atoms with Crippen LogP contribution in [0.5, 0.6) is 0 Å². The van der Waals surface area contributed by atoms with Crippen LogP contribution in [0.2, 0.25) is 0 Å². The van der Waals surface area contributed by atoms with Crippen molar-refractivity contribution in [2.75, 3.05) is 19.6 Å². The topological polar surface area (TPSA) is 41.1 Å². The molecule has 3 nitrogen and oxygen atoms in total. The molecule has 1 aromatic rings. The molecule has 1 amide bonds. The number of halogens is 4.